The van der Waals surface area contributed by atoms with Gasteiger partial charge in [-0.25, -0.2) is 21.8 Å². The average Bonchev–Trinajstić information content (AvgIpc) is 3.90. The lowest BCUT2D eigenvalue weighted by atomic mass is 9.90. The van der Waals surface area contributed by atoms with Gasteiger partial charge in [0.05, 0.1) is 44.7 Å². The van der Waals surface area contributed by atoms with Crippen LogP contribution in [0.1, 0.15) is 53.0 Å². The summed E-state index contributed by atoms with van der Waals surface area (Å²) in [5.41, 5.74) is 3.50. The van der Waals surface area contributed by atoms with Crippen molar-refractivity contribution in [2.75, 3.05) is 6.54 Å². The van der Waals surface area contributed by atoms with Crippen molar-refractivity contribution in [1.82, 2.24) is 34.4 Å². The van der Waals surface area contributed by atoms with E-state index in [0.717, 1.165) is 17.8 Å². The Bertz CT molecular complexity index is 2560. The summed E-state index contributed by atoms with van der Waals surface area (Å²) in [5, 5.41) is 21.7. The Morgan fingerprint density at radius 2 is 1.87 bits per heavy atom. The number of benzene rings is 2. The van der Waals surface area contributed by atoms with E-state index in [0.29, 0.717) is 40.6 Å². The van der Waals surface area contributed by atoms with E-state index in [1.807, 2.05) is 26.0 Å². The van der Waals surface area contributed by atoms with Crippen LogP contribution in [0.4, 0.5) is 4.39 Å². The maximum Gasteiger partial charge on any atom is 0.269 e. The maximum atomic E-state index is 14.5. The van der Waals surface area contributed by atoms with Crippen molar-refractivity contribution in [3.63, 3.8) is 0 Å². The summed E-state index contributed by atoms with van der Waals surface area (Å²) in [7, 11) is -2.38. The second kappa shape index (κ2) is 12.9. The van der Waals surface area contributed by atoms with E-state index >= 15 is 0 Å². The van der Waals surface area contributed by atoms with Gasteiger partial charge in [0.1, 0.15) is 11.9 Å². The molecule has 2 aromatic carbocycles. The standard InChI is InChI=1S/C39H34ClFN8O3S/c1-22-7-10-27(11-8-22)53(51,52)49-33(26-20-46-48(3)21-26)13-28-34(25(16-42)19-45-37(28)49)23-9-12-32(43-17-23)36-29-15-39(2,14-24(29)18-44-36)47-38(50)35-30(40)5-4-6-31(35)41/h4-13,17,19-21,24,29,36,44H,14-15,18H2,1-3H3,(H,47,50)/t24-,29-,36?,39-/m0/s1. The highest BCUT2D eigenvalue weighted by Crippen LogP contribution is 2.49. The first-order valence-electron chi connectivity index (χ1n) is 17.1. The fraction of sp³-hybridized carbons (Fsp3) is 0.256. The summed E-state index contributed by atoms with van der Waals surface area (Å²) in [4.78, 5) is 22.6. The number of aryl methyl sites for hydroxylation is 2. The Morgan fingerprint density at radius 3 is 2.55 bits per heavy atom. The lowest BCUT2D eigenvalue weighted by Crippen LogP contribution is -2.45. The smallest absolute Gasteiger partial charge is 0.269 e. The van der Waals surface area contributed by atoms with Gasteiger partial charge in [0.25, 0.3) is 15.9 Å². The molecule has 4 aromatic heterocycles. The van der Waals surface area contributed by atoms with Crippen molar-refractivity contribution in [3.05, 3.63) is 119 Å². The number of hydrogen-bond donors (Lipinski definition) is 2. The molecule has 1 saturated heterocycles. The minimum atomic E-state index is -4.13. The molecular weight excluding hydrogens is 715 g/mol. The van der Waals surface area contributed by atoms with Crippen molar-refractivity contribution < 1.29 is 17.6 Å². The molecule has 5 heterocycles. The monoisotopic (exact) mass is 748 g/mol. The van der Waals surface area contributed by atoms with Gasteiger partial charge in [-0.15, -0.1) is 0 Å². The number of rotatable bonds is 7. The van der Waals surface area contributed by atoms with Gasteiger partial charge in [0, 0.05) is 53.3 Å². The predicted octanol–water partition coefficient (Wildman–Crippen LogP) is 6.57. The number of nitrogens with zero attached hydrogens (tertiary/aromatic N) is 6. The first kappa shape index (κ1) is 34.7. The summed E-state index contributed by atoms with van der Waals surface area (Å²) in [6.07, 6.45) is 7.77. The molecule has 1 unspecified atom stereocenters. The minimum absolute atomic E-state index is 0.0666. The average molecular weight is 749 g/mol. The Morgan fingerprint density at radius 1 is 1.08 bits per heavy atom. The summed E-state index contributed by atoms with van der Waals surface area (Å²) >= 11 is 6.18. The van der Waals surface area contributed by atoms with E-state index in [9.17, 15) is 22.9 Å². The van der Waals surface area contributed by atoms with Crippen LogP contribution in [0.15, 0.2) is 90.3 Å². The molecule has 11 nitrogen and oxygen atoms in total. The molecular formula is C39H34ClFN8O3S. The summed E-state index contributed by atoms with van der Waals surface area (Å²) < 4.78 is 45.9. The van der Waals surface area contributed by atoms with E-state index in [1.165, 1.54) is 28.4 Å². The van der Waals surface area contributed by atoms with Crippen molar-refractivity contribution in [1.29, 1.82) is 5.26 Å². The number of nitrogens with one attached hydrogen (secondary N) is 2. The largest absolute Gasteiger partial charge is 0.347 e. The van der Waals surface area contributed by atoms with Crippen LogP contribution in [0, 0.1) is 35.9 Å². The molecule has 1 aliphatic carbocycles. The molecule has 1 aliphatic heterocycles. The molecule has 6 aromatic rings. The number of carbonyl (C=O) groups is 1. The van der Waals surface area contributed by atoms with Crippen LogP contribution < -0.4 is 10.6 Å². The zero-order valence-electron chi connectivity index (χ0n) is 29.0. The molecule has 8 rings (SSSR count). The number of halogens is 2. The lowest BCUT2D eigenvalue weighted by Gasteiger charge is -2.28. The molecule has 1 amide bonds. The molecule has 0 spiro atoms. The van der Waals surface area contributed by atoms with E-state index in [4.69, 9.17) is 16.6 Å². The minimum Gasteiger partial charge on any atom is -0.347 e. The third-order valence-corrected chi connectivity index (χ3v) is 12.5. The molecule has 0 radical (unpaired) electrons. The molecule has 2 fully saturated rings. The van der Waals surface area contributed by atoms with E-state index < -0.39 is 27.3 Å². The second-order valence-electron chi connectivity index (χ2n) is 14.2. The fourth-order valence-electron chi connectivity index (χ4n) is 8.09. The molecule has 1 saturated carbocycles. The number of nitriles is 1. The molecule has 2 aliphatic rings. The zero-order valence-corrected chi connectivity index (χ0v) is 30.6. The van der Waals surface area contributed by atoms with Crippen molar-refractivity contribution >= 4 is 38.6 Å². The summed E-state index contributed by atoms with van der Waals surface area (Å²) in [6.45, 7) is 4.60. The van der Waals surface area contributed by atoms with Crippen LogP contribution in [0.3, 0.4) is 0 Å². The maximum absolute atomic E-state index is 14.5. The second-order valence-corrected chi connectivity index (χ2v) is 16.4. The van der Waals surface area contributed by atoms with E-state index in [1.54, 1.807) is 60.7 Å². The summed E-state index contributed by atoms with van der Waals surface area (Å²) in [6, 6.07) is 18.5. The molecule has 2 N–H and O–H groups in total. The van der Waals surface area contributed by atoms with Gasteiger partial charge in [-0.3, -0.25) is 14.5 Å². The summed E-state index contributed by atoms with van der Waals surface area (Å²) in [5.74, 6) is -0.787. The Hall–Kier alpha value is -5.42. The highest BCUT2D eigenvalue weighted by atomic mass is 35.5. The van der Waals surface area contributed by atoms with Gasteiger partial charge in [0.15, 0.2) is 5.65 Å². The van der Waals surface area contributed by atoms with Crippen LogP contribution in [0.5, 0.6) is 0 Å². The third-order valence-electron chi connectivity index (χ3n) is 10.5. The number of amides is 1. The molecule has 14 heteroatoms. The van der Waals surface area contributed by atoms with Crippen LogP contribution in [0.2, 0.25) is 5.02 Å². The fourth-order valence-corrected chi connectivity index (χ4v) is 9.82. The Kier molecular flexibility index (Phi) is 8.44. The number of pyridine rings is 2. The van der Waals surface area contributed by atoms with Gasteiger partial charge in [-0.05, 0) is 81.5 Å². The van der Waals surface area contributed by atoms with Crippen LogP contribution in [0.25, 0.3) is 33.4 Å². The molecule has 268 valence electrons. The first-order valence-corrected chi connectivity index (χ1v) is 18.9. The van der Waals surface area contributed by atoms with E-state index in [-0.39, 0.29) is 44.6 Å². The van der Waals surface area contributed by atoms with Gasteiger partial charge in [0.2, 0.25) is 0 Å². The highest BCUT2D eigenvalue weighted by Gasteiger charge is 2.50. The number of aromatic nitrogens is 5. The Labute approximate surface area is 310 Å². The highest BCUT2D eigenvalue weighted by molar-refractivity contribution is 7.90. The van der Waals surface area contributed by atoms with Gasteiger partial charge in [-0.1, -0.05) is 41.4 Å². The molecule has 53 heavy (non-hydrogen) atoms. The molecule has 4 atom stereocenters. The predicted molar refractivity (Wildman–Crippen MR) is 198 cm³/mol. The topological polar surface area (TPSA) is 148 Å². The number of carbonyl (C=O) groups excluding carboxylic acids is 1. The van der Waals surface area contributed by atoms with Crippen LogP contribution in [-0.4, -0.2) is 50.1 Å². The number of hydrogen-bond acceptors (Lipinski definition) is 8. The quantitative estimate of drug-likeness (QED) is 0.187. The van der Waals surface area contributed by atoms with E-state index in [2.05, 4.69) is 26.8 Å². The van der Waals surface area contributed by atoms with Gasteiger partial charge >= 0.3 is 0 Å². The van der Waals surface area contributed by atoms with Gasteiger partial charge < -0.3 is 10.6 Å². The van der Waals surface area contributed by atoms with Gasteiger partial charge in [-0.2, -0.15) is 10.4 Å². The van der Waals surface area contributed by atoms with Crippen molar-refractivity contribution in [2.45, 2.75) is 43.2 Å². The van der Waals surface area contributed by atoms with Crippen LogP contribution in [-0.2, 0) is 17.1 Å². The van der Waals surface area contributed by atoms with Crippen LogP contribution >= 0.6 is 11.6 Å². The first-order chi connectivity index (χ1) is 25.4. The van der Waals surface area contributed by atoms with Crippen molar-refractivity contribution in [2.24, 2.45) is 18.9 Å². The SMILES string of the molecule is Cc1ccc(S(=O)(=O)n2c(-c3cnn(C)c3)cc3c(-c4ccc(C5NC[C@@H]6C[C@](C)(NC(=O)c7c(F)cccc7Cl)C[C@H]56)nc4)c(C#N)cnc32)cc1. The third kappa shape index (κ3) is 5.96. The lowest BCUT2D eigenvalue weighted by molar-refractivity contribution is 0.0899. The normalized spacial score (nSPS) is 21.1. The zero-order chi connectivity index (χ0) is 37.2. The van der Waals surface area contributed by atoms with Crippen molar-refractivity contribution in [3.8, 4) is 28.5 Å². The molecule has 0 bridgehead atoms. The Balaban J connectivity index is 1.14. The number of fused-ring (bicyclic) bond motifs is 2.